The molecule has 0 spiro atoms. The molecule has 0 atom stereocenters. The molecule has 0 radical (unpaired) electrons. The van der Waals surface area contributed by atoms with Crippen molar-refractivity contribution in [1.82, 2.24) is 9.47 Å². The van der Waals surface area contributed by atoms with Crippen LogP contribution in [0.5, 0.6) is 0 Å². The van der Waals surface area contributed by atoms with Crippen LogP contribution >= 0.6 is 0 Å². The summed E-state index contributed by atoms with van der Waals surface area (Å²) in [6.45, 7) is 8.41. The largest absolute Gasteiger partial charge is 0.318 e. The molecule has 0 bridgehead atoms. The maximum absolute atomic E-state index is 13.1. The van der Waals surface area contributed by atoms with Gasteiger partial charge in [-0.05, 0) is 65.1 Å². The molecule has 0 saturated heterocycles. The van der Waals surface area contributed by atoms with Crippen molar-refractivity contribution in [2.45, 2.75) is 33.7 Å². The van der Waals surface area contributed by atoms with Crippen LogP contribution in [0.25, 0.3) is 5.69 Å². The van der Waals surface area contributed by atoms with Crippen LogP contribution in [-0.2, 0) is 0 Å². The van der Waals surface area contributed by atoms with Gasteiger partial charge in [-0.15, -0.1) is 0 Å². The summed E-state index contributed by atoms with van der Waals surface area (Å²) in [5.41, 5.74) is 3.47. The zero-order valence-electron chi connectivity index (χ0n) is 13.9. The van der Waals surface area contributed by atoms with Crippen molar-refractivity contribution in [3.05, 3.63) is 53.1 Å². The third-order valence-electron chi connectivity index (χ3n) is 4.09. The normalized spacial score (nSPS) is 11.5. The van der Waals surface area contributed by atoms with E-state index in [1.54, 1.807) is 12.1 Å². The molecular weight excluding hydrogens is 279 g/mol. The van der Waals surface area contributed by atoms with Gasteiger partial charge in [-0.2, -0.15) is 0 Å². The topological polar surface area (TPSA) is 25.2 Å². The van der Waals surface area contributed by atoms with Gasteiger partial charge in [0.2, 0.25) is 0 Å². The summed E-state index contributed by atoms with van der Waals surface area (Å²) in [5.74, 6) is -0.154. The van der Waals surface area contributed by atoms with E-state index in [0.29, 0.717) is 12.6 Å². The smallest absolute Gasteiger partial charge is 0.178 e. The number of benzene rings is 1. The lowest BCUT2D eigenvalue weighted by Gasteiger charge is -2.19. The fourth-order valence-corrected chi connectivity index (χ4v) is 2.53. The molecule has 0 aliphatic carbocycles. The second-order valence-corrected chi connectivity index (χ2v) is 6.03. The summed E-state index contributed by atoms with van der Waals surface area (Å²) in [5, 5.41) is 0. The summed E-state index contributed by atoms with van der Waals surface area (Å²) < 4.78 is 15.1. The number of carbonyl (C=O) groups is 1. The predicted molar refractivity (Wildman–Crippen MR) is 87.3 cm³/mol. The molecule has 0 unspecified atom stereocenters. The maximum Gasteiger partial charge on any atom is 0.178 e. The van der Waals surface area contributed by atoms with Crippen molar-refractivity contribution in [1.29, 1.82) is 0 Å². The maximum atomic E-state index is 13.1. The van der Waals surface area contributed by atoms with E-state index < -0.39 is 0 Å². The number of aromatic nitrogens is 1. The van der Waals surface area contributed by atoms with E-state index in [-0.39, 0.29) is 11.6 Å². The summed E-state index contributed by atoms with van der Waals surface area (Å²) in [4.78, 5) is 14.5. The first-order valence-electron chi connectivity index (χ1n) is 7.49. The standard InChI is InChI=1S/C18H23FN2O/c1-12(2)20(5)11-18(22)17-10-13(3)21(14(17)4)16-8-6-15(19)7-9-16/h6-10,12H,11H2,1-5H3. The van der Waals surface area contributed by atoms with Crippen molar-refractivity contribution in [2.75, 3.05) is 13.6 Å². The van der Waals surface area contributed by atoms with Gasteiger partial charge in [0.15, 0.2) is 5.78 Å². The van der Waals surface area contributed by atoms with Crippen LogP contribution in [0, 0.1) is 19.7 Å². The number of rotatable bonds is 5. The number of halogens is 1. The van der Waals surface area contributed by atoms with Gasteiger partial charge in [-0.3, -0.25) is 9.69 Å². The molecule has 3 nitrogen and oxygen atoms in total. The Morgan fingerprint density at radius 2 is 1.82 bits per heavy atom. The summed E-state index contributed by atoms with van der Waals surface area (Å²) in [7, 11) is 1.95. The monoisotopic (exact) mass is 302 g/mol. The Kier molecular flexibility index (Phi) is 4.81. The molecule has 22 heavy (non-hydrogen) atoms. The fraction of sp³-hybridized carbons (Fsp3) is 0.389. The van der Waals surface area contributed by atoms with Crippen LogP contribution in [-0.4, -0.2) is 34.9 Å². The van der Waals surface area contributed by atoms with E-state index in [2.05, 4.69) is 13.8 Å². The first-order valence-corrected chi connectivity index (χ1v) is 7.49. The van der Waals surface area contributed by atoms with Crippen molar-refractivity contribution < 1.29 is 9.18 Å². The average Bonchev–Trinajstić information content (AvgIpc) is 2.75. The minimum Gasteiger partial charge on any atom is -0.318 e. The van der Waals surface area contributed by atoms with Gasteiger partial charge >= 0.3 is 0 Å². The van der Waals surface area contributed by atoms with Crippen LogP contribution in [0.3, 0.4) is 0 Å². The Morgan fingerprint density at radius 1 is 1.23 bits per heavy atom. The Hall–Kier alpha value is -1.94. The second kappa shape index (κ2) is 6.44. The highest BCUT2D eigenvalue weighted by Gasteiger charge is 2.18. The lowest BCUT2D eigenvalue weighted by molar-refractivity contribution is 0.0929. The van der Waals surface area contributed by atoms with Gasteiger partial charge in [0.05, 0.1) is 6.54 Å². The Morgan fingerprint density at radius 3 is 2.36 bits per heavy atom. The van der Waals surface area contributed by atoms with Crippen LogP contribution in [0.15, 0.2) is 30.3 Å². The summed E-state index contributed by atoms with van der Waals surface area (Å²) in [6, 6.07) is 8.55. The number of nitrogens with zero attached hydrogens (tertiary/aromatic N) is 2. The first-order chi connectivity index (χ1) is 10.3. The van der Waals surface area contributed by atoms with Gasteiger partial charge in [0.1, 0.15) is 5.82 Å². The second-order valence-electron chi connectivity index (χ2n) is 6.03. The van der Waals surface area contributed by atoms with Crippen LogP contribution in [0.2, 0.25) is 0 Å². The minimum absolute atomic E-state index is 0.109. The summed E-state index contributed by atoms with van der Waals surface area (Å²) >= 11 is 0. The number of Topliss-reactive ketones (excluding diaryl/α,β-unsaturated/α-hetero) is 1. The highest BCUT2D eigenvalue weighted by atomic mass is 19.1. The molecular formula is C18H23FN2O. The lowest BCUT2D eigenvalue weighted by atomic mass is 10.1. The number of hydrogen-bond donors (Lipinski definition) is 0. The Bertz CT molecular complexity index is 671. The van der Waals surface area contributed by atoms with Gasteiger partial charge in [-0.25, -0.2) is 4.39 Å². The predicted octanol–water partition coefficient (Wildman–Crippen LogP) is 3.76. The zero-order valence-corrected chi connectivity index (χ0v) is 13.9. The van der Waals surface area contributed by atoms with E-state index >= 15 is 0 Å². The van der Waals surface area contributed by atoms with Crippen molar-refractivity contribution in [2.24, 2.45) is 0 Å². The van der Waals surface area contributed by atoms with E-state index in [9.17, 15) is 9.18 Å². The molecule has 2 rings (SSSR count). The quantitative estimate of drug-likeness (QED) is 0.786. The third-order valence-corrected chi connectivity index (χ3v) is 4.09. The van der Waals surface area contributed by atoms with E-state index in [0.717, 1.165) is 22.6 Å². The molecule has 0 aliphatic rings. The average molecular weight is 302 g/mol. The van der Waals surface area contributed by atoms with E-state index in [4.69, 9.17) is 0 Å². The van der Waals surface area contributed by atoms with Gasteiger partial charge in [-0.1, -0.05) is 0 Å². The molecule has 2 aromatic rings. The van der Waals surface area contributed by atoms with Crippen LogP contribution in [0.4, 0.5) is 4.39 Å². The number of aryl methyl sites for hydroxylation is 1. The van der Waals surface area contributed by atoms with E-state index in [1.807, 2.05) is 36.4 Å². The molecule has 0 fully saturated rings. The third kappa shape index (κ3) is 3.28. The number of ketones is 1. The Labute approximate surface area is 131 Å². The van der Waals surface area contributed by atoms with Gasteiger partial charge < -0.3 is 4.57 Å². The van der Waals surface area contributed by atoms with Gasteiger partial charge in [0, 0.05) is 28.7 Å². The minimum atomic E-state index is -0.263. The first kappa shape index (κ1) is 16.4. The molecule has 118 valence electrons. The van der Waals surface area contributed by atoms with Crippen molar-refractivity contribution >= 4 is 5.78 Å². The molecule has 4 heteroatoms. The molecule has 1 heterocycles. The molecule has 0 amide bonds. The highest BCUT2D eigenvalue weighted by Crippen LogP contribution is 2.21. The fourth-order valence-electron chi connectivity index (χ4n) is 2.53. The molecule has 1 aromatic carbocycles. The number of carbonyl (C=O) groups excluding carboxylic acids is 1. The SMILES string of the molecule is Cc1cc(C(=O)CN(C)C(C)C)c(C)n1-c1ccc(F)cc1. The van der Waals surface area contributed by atoms with E-state index in [1.165, 1.54) is 12.1 Å². The Balaban J connectivity index is 2.35. The lowest BCUT2D eigenvalue weighted by Crippen LogP contribution is -2.32. The van der Waals surface area contributed by atoms with Crippen LogP contribution in [0.1, 0.15) is 35.6 Å². The summed E-state index contributed by atoms with van der Waals surface area (Å²) in [6.07, 6.45) is 0. The van der Waals surface area contributed by atoms with Crippen molar-refractivity contribution in [3.63, 3.8) is 0 Å². The zero-order chi connectivity index (χ0) is 16.4. The van der Waals surface area contributed by atoms with Crippen LogP contribution < -0.4 is 0 Å². The number of hydrogen-bond acceptors (Lipinski definition) is 2. The van der Waals surface area contributed by atoms with Gasteiger partial charge in [0.25, 0.3) is 0 Å². The highest BCUT2D eigenvalue weighted by molar-refractivity contribution is 5.99. The molecule has 0 saturated carbocycles. The molecule has 1 aromatic heterocycles. The molecule has 0 N–H and O–H groups in total. The van der Waals surface area contributed by atoms with Crippen molar-refractivity contribution in [3.8, 4) is 5.69 Å². The number of likely N-dealkylation sites (N-methyl/N-ethyl adjacent to an activating group) is 1. The molecule has 0 aliphatic heterocycles.